The summed E-state index contributed by atoms with van der Waals surface area (Å²) in [6.07, 6.45) is 0.453. The molecule has 22 heavy (non-hydrogen) atoms. The minimum absolute atomic E-state index is 0.200. The van der Waals surface area contributed by atoms with Gasteiger partial charge in [0, 0.05) is 0 Å². The van der Waals surface area contributed by atoms with E-state index in [-0.39, 0.29) is 6.61 Å². The van der Waals surface area contributed by atoms with E-state index in [9.17, 15) is 5.11 Å². The molecule has 0 heterocycles. The predicted octanol–water partition coefficient (Wildman–Crippen LogP) is 2.45. The van der Waals surface area contributed by atoms with Crippen LogP contribution in [0.3, 0.4) is 0 Å². The molecule has 0 amide bonds. The van der Waals surface area contributed by atoms with Crippen LogP contribution in [0.15, 0.2) is 54.6 Å². The van der Waals surface area contributed by atoms with Crippen molar-refractivity contribution >= 4 is 0 Å². The van der Waals surface area contributed by atoms with Gasteiger partial charge in [-0.05, 0) is 36.2 Å². The van der Waals surface area contributed by atoms with Gasteiger partial charge in [-0.2, -0.15) is 0 Å². The SMILES string of the molecule is COc1cccc(COCC(O)(CCN)c2ccccc2)c1. The first-order chi connectivity index (χ1) is 10.7. The Bertz CT molecular complexity index is 574. The summed E-state index contributed by atoms with van der Waals surface area (Å²) in [6.45, 7) is 1.01. The molecule has 118 valence electrons. The number of nitrogens with two attached hydrogens (primary N) is 1. The van der Waals surface area contributed by atoms with Crippen molar-refractivity contribution in [2.24, 2.45) is 5.73 Å². The summed E-state index contributed by atoms with van der Waals surface area (Å²) < 4.78 is 10.9. The van der Waals surface area contributed by atoms with Crippen molar-refractivity contribution in [3.8, 4) is 5.75 Å². The van der Waals surface area contributed by atoms with Gasteiger partial charge in [0.25, 0.3) is 0 Å². The molecule has 0 radical (unpaired) electrons. The van der Waals surface area contributed by atoms with Crippen LogP contribution >= 0.6 is 0 Å². The fourth-order valence-electron chi connectivity index (χ4n) is 2.39. The van der Waals surface area contributed by atoms with Crippen LogP contribution in [-0.4, -0.2) is 25.4 Å². The number of ether oxygens (including phenoxy) is 2. The Hall–Kier alpha value is -1.88. The molecule has 3 N–H and O–H groups in total. The van der Waals surface area contributed by atoms with Gasteiger partial charge in [-0.3, -0.25) is 0 Å². The molecule has 0 aliphatic heterocycles. The molecule has 4 nitrogen and oxygen atoms in total. The van der Waals surface area contributed by atoms with E-state index in [0.717, 1.165) is 16.9 Å². The van der Waals surface area contributed by atoms with Crippen LogP contribution in [-0.2, 0) is 16.9 Å². The molecule has 0 saturated heterocycles. The molecule has 4 heteroatoms. The Labute approximate surface area is 131 Å². The highest BCUT2D eigenvalue weighted by Crippen LogP contribution is 2.25. The van der Waals surface area contributed by atoms with Crippen molar-refractivity contribution in [3.05, 3.63) is 65.7 Å². The molecule has 0 aliphatic carbocycles. The second-order valence-electron chi connectivity index (χ2n) is 5.28. The fraction of sp³-hybridized carbons (Fsp3) is 0.333. The quantitative estimate of drug-likeness (QED) is 0.786. The lowest BCUT2D eigenvalue weighted by molar-refractivity contribution is -0.0602. The minimum atomic E-state index is -1.06. The maximum Gasteiger partial charge on any atom is 0.119 e. The second-order valence-corrected chi connectivity index (χ2v) is 5.28. The lowest BCUT2D eigenvalue weighted by Crippen LogP contribution is -2.34. The molecular formula is C18H23NO3. The van der Waals surface area contributed by atoms with E-state index in [0.29, 0.717) is 19.6 Å². The largest absolute Gasteiger partial charge is 0.497 e. The van der Waals surface area contributed by atoms with Gasteiger partial charge in [0.05, 0.1) is 20.3 Å². The number of aliphatic hydroxyl groups is 1. The molecule has 0 aliphatic rings. The molecule has 0 bridgehead atoms. The minimum Gasteiger partial charge on any atom is -0.497 e. The highest BCUT2D eigenvalue weighted by Gasteiger charge is 2.28. The topological polar surface area (TPSA) is 64.7 Å². The maximum absolute atomic E-state index is 10.8. The Morgan fingerprint density at radius 1 is 1.09 bits per heavy atom. The van der Waals surface area contributed by atoms with Gasteiger partial charge in [-0.15, -0.1) is 0 Å². The van der Waals surface area contributed by atoms with Gasteiger partial charge in [-0.25, -0.2) is 0 Å². The lowest BCUT2D eigenvalue weighted by atomic mass is 9.91. The summed E-state index contributed by atoms with van der Waals surface area (Å²) in [4.78, 5) is 0. The van der Waals surface area contributed by atoms with Crippen LogP contribution < -0.4 is 10.5 Å². The second kappa shape index (κ2) is 7.94. The summed E-state index contributed by atoms with van der Waals surface area (Å²) in [7, 11) is 1.63. The summed E-state index contributed by atoms with van der Waals surface area (Å²) in [5, 5.41) is 10.8. The molecular weight excluding hydrogens is 278 g/mol. The molecule has 2 rings (SSSR count). The molecule has 0 saturated carbocycles. The summed E-state index contributed by atoms with van der Waals surface area (Å²) >= 11 is 0. The number of methoxy groups -OCH3 is 1. The van der Waals surface area contributed by atoms with E-state index < -0.39 is 5.60 Å². The number of rotatable bonds is 8. The summed E-state index contributed by atoms with van der Waals surface area (Å²) in [5.41, 5.74) is 6.41. The Morgan fingerprint density at radius 2 is 1.86 bits per heavy atom. The van der Waals surface area contributed by atoms with E-state index in [1.54, 1.807) is 7.11 Å². The van der Waals surface area contributed by atoms with E-state index in [1.165, 1.54) is 0 Å². The van der Waals surface area contributed by atoms with E-state index in [4.69, 9.17) is 15.2 Å². The molecule has 2 aromatic carbocycles. The van der Waals surface area contributed by atoms with Crippen LogP contribution in [0.1, 0.15) is 17.5 Å². The molecule has 2 aromatic rings. The number of benzene rings is 2. The normalized spacial score (nSPS) is 13.6. The Balaban J connectivity index is 2.00. The van der Waals surface area contributed by atoms with Crippen molar-refractivity contribution < 1.29 is 14.6 Å². The molecule has 0 fully saturated rings. The average Bonchev–Trinajstić information content (AvgIpc) is 2.56. The number of hydrogen-bond acceptors (Lipinski definition) is 4. The third-order valence-corrected chi connectivity index (χ3v) is 3.61. The first kappa shape index (κ1) is 16.5. The summed E-state index contributed by atoms with van der Waals surface area (Å²) in [6, 6.07) is 17.2. The van der Waals surface area contributed by atoms with Crippen LogP contribution in [0.5, 0.6) is 5.75 Å². The zero-order valence-electron chi connectivity index (χ0n) is 12.9. The van der Waals surface area contributed by atoms with Crippen molar-refractivity contribution in [1.82, 2.24) is 0 Å². The molecule has 1 unspecified atom stereocenters. The van der Waals surface area contributed by atoms with Crippen LogP contribution in [0.2, 0.25) is 0 Å². The van der Waals surface area contributed by atoms with Crippen molar-refractivity contribution in [1.29, 1.82) is 0 Å². The molecule has 0 aromatic heterocycles. The third-order valence-electron chi connectivity index (χ3n) is 3.61. The van der Waals surface area contributed by atoms with Crippen LogP contribution in [0.25, 0.3) is 0 Å². The monoisotopic (exact) mass is 301 g/mol. The third kappa shape index (κ3) is 4.31. The fourth-order valence-corrected chi connectivity index (χ4v) is 2.39. The van der Waals surface area contributed by atoms with Crippen LogP contribution in [0, 0.1) is 0 Å². The van der Waals surface area contributed by atoms with Crippen LogP contribution in [0.4, 0.5) is 0 Å². The average molecular weight is 301 g/mol. The van der Waals surface area contributed by atoms with Gasteiger partial charge >= 0.3 is 0 Å². The van der Waals surface area contributed by atoms with Gasteiger partial charge in [0.15, 0.2) is 0 Å². The highest BCUT2D eigenvalue weighted by molar-refractivity contribution is 5.28. The number of hydrogen-bond donors (Lipinski definition) is 2. The zero-order chi connectivity index (χ0) is 15.8. The molecule has 1 atom stereocenters. The smallest absolute Gasteiger partial charge is 0.119 e. The maximum atomic E-state index is 10.8. The highest BCUT2D eigenvalue weighted by atomic mass is 16.5. The Kier molecular flexibility index (Phi) is 5.95. The first-order valence-corrected chi connectivity index (χ1v) is 7.36. The first-order valence-electron chi connectivity index (χ1n) is 7.36. The van der Waals surface area contributed by atoms with Crippen molar-refractivity contribution in [2.45, 2.75) is 18.6 Å². The summed E-state index contributed by atoms with van der Waals surface area (Å²) in [5.74, 6) is 0.793. The lowest BCUT2D eigenvalue weighted by Gasteiger charge is -2.28. The van der Waals surface area contributed by atoms with E-state index in [1.807, 2.05) is 54.6 Å². The molecule has 0 spiro atoms. The van der Waals surface area contributed by atoms with Crippen molar-refractivity contribution in [3.63, 3.8) is 0 Å². The van der Waals surface area contributed by atoms with E-state index in [2.05, 4.69) is 0 Å². The standard InChI is InChI=1S/C18H23NO3/c1-21-17-9-5-6-15(12-17)13-22-14-18(20,10-11-19)16-7-3-2-4-8-16/h2-9,12,20H,10-11,13-14,19H2,1H3. The zero-order valence-corrected chi connectivity index (χ0v) is 12.9. The van der Waals surface area contributed by atoms with Gasteiger partial charge in [-0.1, -0.05) is 42.5 Å². The van der Waals surface area contributed by atoms with Gasteiger partial charge in [0.2, 0.25) is 0 Å². The van der Waals surface area contributed by atoms with Gasteiger partial charge < -0.3 is 20.3 Å². The van der Waals surface area contributed by atoms with Gasteiger partial charge in [0.1, 0.15) is 11.4 Å². The van der Waals surface area contributed by atoms with Crippen molar-refractivity contribution in [2.75, 3.05) is 20.3 Å². The predicted molar refractivity (Wildman–Crippen MR) is 86.7 cm³/mol. The Morgan fingerprint density at radius 3 is 2.55 bits per heavy atom. The van der Waals surface area contributed by atoms with E-state index >= 15 is 0 Å².